The Morgan fingerprint density at radius 2 is 1.75 bits per heavy atom. The number of hydrogen-bond donors (Lipinski definition) is 2. The summed E-state index contributed by atoms with van der Waals surface area (Å²) in [6.07, 6.45) is 1.55. The SMILES string of the molecule is CN(C)CCOc1ccccc1-n1c(O)c2c(c1O)[C@H]1CC[C@@H]2O1. The van der Waals surface area contributed by atoms with Gasteiger partial charge >= 0.3 is 0 Å². The molecule has 0 radical (unpaired) electrons. The van der Waals surface area contributed by atoms with Crippen LogP contribution < -0.4 is 4.74 Å². The van der Waals surface area contributed by atoms with Gasteiger partial charge in [0.15, 0.2) is 0 Å². The van der Waals surface area contributed by atoms with Crippen molar-refractivity contribution in [2.75, 3.05) is 27.2 Å². The summed E-state index contributed by atoms with van der Waals surface area (Å²) in [5.41, 5.74) is 2.10. The highest BCUT2D eigenvalue weighted by Crippen LogP contribution is 2.58. The molecule has 2 aliphatic heterocycles. The first-order valence-electron chi connectivity index (χ1n) is 8.26. The third-order valence-electron chi connectivity index (χ3n) is 4.76. The molecule has 2 atom stereocenters. The molecule has 0 saturated carbocycles. The quantitative estimate of drug-likeness (QED) is 0.882. The highest BCUT2D eigenvalue weighted by atomic mass is 16.5. The molecule has 1 saturated heterocycles. The molecule has 1 aromatic heterocycles. The van der Waals surface area contributed by atoms with Crippen molar-refractivity contribution in [2.24, 2.45) is 0 Å². The number of aromatic hydroxyl groups is 2. The van der Waals surface area contributed by atoms with Gasteiger partial charge in [-0.1, -0.05) is 12.1 Å². The van der Waals surface area contributed by atoms with Crippen LogP contribution in [0, 0.1) is 0 Å². The predicted molar refractivity (Wildman–Crippen MR) is 88.9 cm³/mol. The van der Waals surface area contributed by atoms with Crippen LogP contribution in [0.25, 0.3) is 5.69 Å². The lowest BCUT2D eigenvalue weighted by Crippen LogP contribution is -2.19. The summed E-state index contributed by atoms with van der Waals surface area (Å²) in [6.45, 7) is 1.31. The second-order valence-electron chi connectivity index (χ2n) is 6.62. The number of ether oxygens (including phenoxy) is 2. The molecule has 24 heavy (non-hydrogen) atoms. The van der Waals surface area contributed by atoms with Crippen LogP contribution >= 0.6 is 0 Å². The van der Waals surface area contributed by atoms with E-state index < -0.39 is 0 Å². The molecule has 2 aliphatic rings. The molecule has 1 aromatic carbocycles. The Morgan fingerprint density at radius 3 is 2.38 bits per heavy atom. The molecule has 6 nitrogen and oxygen atoms in total. The van der Waals surface area contributed by atoms with Crippen LogP contribution in [0.15, 0.2) is 24.3 Å². The molecule has 128 valence electrons. The average molecular weight is 330 g/mol. The summed E-state index contributed by atoms with van der Waals surface area (Å²) in [6, 6.07) is 7.43. The Balaban J connectivity index is 1.73. The Bertz CT molecular complexity index is 735. The first kappa shape index (κ1) is 15.4. The maximum absolute atomic E-state index is 10.7. The van der Waals surface area contributed by atoms with Gasteiger partial charge in [-0.15, -0.1) is 0 Å². The van der Waals surface area contributed by atoms with Crippen LogP contribution in [-0.2, 0) is 4.74 Å². The van der Waals surface area contributed by atoms with Crippen molar-refractivity contribution in [2.45, 2.75) is 25.0 Å². The number of benzene rings is 1. The molecule has 4 rings (SSSR count). The number of hydrogen-bond acceptors (Lipinski definition) is 5. The van der Waals surface area contributed by atoms with Gasteiger partial charge < -0.3 is 24.6 Å². The monoisotopic (exact) mass is 330 g/mol. The average Bonchev–Trinajstić information content (AvgIpc) is 3.22. The van der Waals surface area contributed by atoms with E-state index in [9.17, 15) is 10.2 Å². The Kier molecular flexibility index (Phi) is 3.66. The number of para-hydroxylation sites is 2. The maximum atomic E-state index is 10.7. The van der Waals surface area contributed by atoms with Gasteiger partial charge in [0.1, 0.15) is 12.4 Å². The Hall–Kier alpha value is -2.18. The first-order valence-corrected chi connectivity index (χ1v) is 8.26. The predicted octanol–water partition coefficient (Wildman–Crippen LogP) is 2.74. The zero-order valence-corrected chi connectivity index (χ0v) is 13.9. The van der Waals surface area contributed by atoms with E-state index in [4.69, 9.17) is 9.47 Å². The van der Waals surface area contributed by atoms with Gasteiger partial charge in [0.05, 0.1) is 29.0 Å². The van der Waals surface area contributed by atoms with Crippen molar-refractivity contribution in [3.05, 3.63) is 35.4 Å². The van der Waals surface area contributed by atoms with E-state index in [2.05, 4.69) is 0 Å². The fourth-order valence-corrected chi connectivity index (χ4v) is 3.61. The van der Waals surface area contributed by atoms with E-state index in [1.807, 2.05) is 43.3 Å². The lowest BCUT2D eigenvalue weighted by molar-refractivity contribution is 0.0682. The largest absolute Gasteiger partial charge is 0.494 e. The minimum atomic E-state index is -0.112. The number of rotatable bonds is 5. The third-order valence-corrected chi connectivity index (χ3v) is 4.76. The van der Waals surface area contributed by atoms with Crippen LogP contribution in [0.5, 0.6) is 17.5 Å². The summed E-state index contributed by atoms with van der Waals surface area (Å²) in [4.78, 5) is 2.04. The van der Waals surface area contributed by atoms with Crippen molar-refractivity contribution < 1.29 is 19.7 Å². The Morgan fingerprint density at radius 1 is 1.12 bits per heavy atom. The van der Waals surface area contributed by atoms with Crippen LogP contribution in [0.1, 0.15) is 36.2 Å². The minimum Gasteiger partial charge on any atom is -0.494 e. The van der Waals surface area contributed by atoms with Crippen molar-refractivity contribution in [3.8, 4) is 23.2 Å². The Labute approximate surface area is 140 Å². The van der Waals surface area contributed by atoms with E-state index in [1.165, 1.54) is 4.57 Å². The lowest BCUT2D eigenvalue weighted by Gasteiger charge is -2.16. The van der Waals surface area contributed by atoms with Gasteiger partial charge in [0.2, 0.25) is 11.8 Å². The molecule has 2 aromatic rings. The van der Waals surface area contributed by atoms with Crippen molar-refractivity contribution >= 4 is 0 Å². The van der Waals surface area contributed by atoms with Crippen LogP contribution in [0.2, 0.25) is 0 Å². The van der Waals surface area contributed by atoms with E-state index in [0.717, 1.165) is 30.5 Å². The minimum absolute atomic E-state index is 0.0540. The highest BCUT2D eigenvalue weighted by molar-refractivity contribution is 5.60. The summed E-state index contributed by atoms with van der Waals surface area (Å²) < 4.78 is 13.1. The van der Waals surface area contributed by atoms with Gasteiger partial charge in [0, 0.05) is 6.54 Å². The zero-order chi connectivity index (χ0) is 16.8. The fourth-order valence-electron chi connectivity index (χ4n) is 3.61. The second-order valence-corrected chi connectivity index (χ2v) is 6.62. The molecule has 0 spiro atoms. The topological polar surface area (TPSA) is 67.1 Å². The normalized spacial score (nSPS) is 21.5. The molecule has 6 heteroatoms. The van der Waals surface area contributed by atoms with Crippen LogP contribution in [0.3, 0.4) is 0 Å². The summed E-state index contributed by atoms with van der Waals surface area (Å²) in [5.74, 6) is 0.739. The summed E-state index contributed by atoms with van der Waals surface area (Å²) in [7, 11) is 3.97. The van der Waals surface area contributed by atoms with Gasteiger partial charge in [-0.3, -0.25) is 0 Å². The smallest absolute Gasteiger partial charge is 0.205 e. The van der Waals surface area contributed by atoms with Gasteiger partial charge in [-0.2, -0.15) is 0 Å². The molecule has 2 N–H and O–H groups in total. The van der Waals surface area contributed by atoms with Gasteiger partial charge in [0.25, 0.3) is 0 Å². The van der Waals surface area contributed by atoms with E-state index in [0.29, 0.717) is 18.0 Å². The van der Waals surface area contributed by atoms with E-state index in [1.54, 1.807) is 0 Å². The third kappa shape index (κ3) is 2.25. The fraction of sp³-hybridized carbons (Fsp3) is 0.444. The lowest BCUT2D eigenvalue weighted by atomic mass is 9.95. The second kappa shape index (κ2) is 5.72. The van der Waals surface area contributed by atoms with E-state index in [-0.39, 0.29) is 24.0 Å². The molecular formula is C18H22N2O4. The standard InChI is InChI=1S/C18H22N2O4/c1-19(2)9-10-23-12-6-4-3-5-11(12)20-17(21)15-13-7-8-14(24-13)16(15)18(20)22/h3-6,13-14,21-22H,7-10H2,1-2H3/t13-,14+. The number of fused-ring (bicyclic) bond motifs is 5. The van der Waals surface area contributed by atoms with Crippen molar-refractivity contribution in [1.29, 1.82) is 0 Å². The van der Waals surface area contributed by atoms with Crippen LogP contribution in [-0.4, -0.2) is 46.9 Å². The molecule has 3 heterocycles. The number of nitrogens with zero attached hydrogens (tertiary/aromatic N) is 2. The molecular weight excluding hydrogens is 308 g/mol. The molecule has 0 unspecified atom stereocenters. The summed E-state index contributed by atoms with van der Waals surface area (Å²) in [5, 5.41) is 21.4. The van der Waals surface area contributed by atoms with Crippen molar-refractivity contribution in [3.63, 3.8) is 0 Å². The number of likely N-dealkylation sites (N-methyl/N-ethyl adjacent to an activating group) is 1. The van der Waals surface area contributed by atoms with Crippen molar-refractivity contribution in [1.82, 2.24) is 9.47 Å². The molecule has 0 aliphatic carbocycles. The van der Waals surface area contributed by atoms with E-state index >= 15 is 0 Å². The first-order chi connectivity index (χ1) is 11.6. The highest BCUT2D eigenvalue weighted by Gasteiger charge is 2.45. The zero-order valence-electron chi connectivity index (χ0n) is 13.9. The molecule has 0 amide bonds. The van der Waals surface area contributed by atoms with Gasteiger partial charge in [-0.05, 0) is 39.1 Å². The van der Waals surface area contributed by atoms with Gasteiger partial charge in [-0.25, -0.2) is 4.57 Å². The molecule has 1 fully saturated rings. The number of aromatic nitrogens is 1. The van der Waals surface area contributed by atoms with Crippen LogP contribution in [0.4, 0.5) is 0 Å². The molecule has 2 bridgehead atoms. The maximum Gasteiger partial charge on any atom is 0.205 e. The summed E-state index contributed by atoms with van der Waals surface area (Å²) >= 11 is 0.